The van der Waals surface area contributed by atoms with Gasteiger partial charge in [-0.1, -0.05) is 24.6 Å². The largest absolute Gasteiger partial charge is 0.371 e. The van der Waals surface area contributed by atoms with Crippen molar-refractivity contribution in [2.45, 2.75) is 38.1 Å². The van der Waals surface area contributed by atoms with Gasteiger partial charge in [0.15, 0.2) is 0 Å². The van der Waals surface area contributed by atoms with Crippen LogP contribution < -0.4 is 16.0 Å². The summed E-state index contributed by atoms with van der Waals surface area (Å²) in [6.07, 6.45) is 5.12. The Morgan fingerprint density at radius 3 is 2.77 bits per heavy atom. The molecule has 0 bridgehead atoms. The van der Waals surface area contributed by atoms with Crippen molar-refractivity contribution in [3.05, 3.63) is 30.3 Å². The second-order valence-corrected chi connectivity index (χ2v) is 6.80. The molecule has 1 amide bonds. The minimum Gasteiger partial charge on any atom is -0.371 e. The Morgan fingerprint density at radius 1 is 1.23 bits per heavy atom. The second kappa shape index (κ2) is 7.14. The van der Waals surface area contributed by atoms with Crippen LogP contribution in [0.2, 0.25) is 0 Å². The Hall–Kier alpha value is -1.55. The predicted octanol–water partition coefficient (Wildman–Crippen LogP) is 2.15. The molecule has 0 radical (unpaired) electrons. The first-order chi connectivity index (χ1) is 10.7. The maximum absolute atomic E-state index is 12.1. The number of anilines is 1. The molecule has 120 valence electrons. The van der Waals surface area contributed by atoms with Gasteiger partial charge in [0.2, 0.25) is 5.91 Å². The highest BCUT2D eigenvalue weighted by Crippen LogP contribution is 2.27. The van der Waals surface area contributed by atoms with Crippen LogP contribution >= 0.6 is 0 Å². The van der Waals surface area contributed by atoms with Gasteiger partial charge in [0, 0.05) is 37.8 Å². The first-order valence-corrected chi connectivity index (χ1v) is 8.54. The summed E-state index contributed by atoms with van der Waals surface area (Å²) in [6, 6.07) is 10.7. The molecule has 3 atom stereocenters. The first-order valence-electron chi connectivity index (χ1n) is 8.54. The number of benzene rings is 1. The molecule has 2 fully saturated rings. The number of amides is 1. The van der Waals surface area contributed by atoms with Gasteiger partial charge in [0.25, 0.3) is 0 Å². The number of nitrogens with zero attached hydrogens (tertiary/aromatic N) is 1. The number of carbonyl (C=O) groups excluding carboxylic acids is 1. The van der Waals surface area contributed by atoms with Crippen molar-refractivity contribution in [3.63, 3.8) is 0 Å². The van der Waals surface area contributed by atoms with Crippen LogP contribution in [0.15, 0.2) is 30.3 Å². The Kier molecular flexibility index (Phi) is 4.98. The molecule has 4 nitrogen and oxygen atoms in total. The summed E-state index contributed by atoms with van der Waals surface area (Å²) in [6.45, 7) is 2.91. The summed E-state index contributed by atoms with van der Waals surface area (Å²) in [4.78, 5) is 14.5. The molecule has 2 aliphatic rings. The minimum absolute atomic E-state index is 0.181. The molecule has 1 heterocycles. The van der Waals surface area contributed by atoms with E-state index in [-0.39, 0.29) is 11.9 Å². The predicted molar refractivity (Wildman–Crippen MR) is 89.7 cm³/mol. The van der Waals surface area contributed by atoms with Crippen LogP contribution in [0, 0.1) is 11.8 Å². The van der Waals surface area contributed by atoms with Crippen molar-refractivity contribution >= 4 is 11.6 Å². The zero-order valence-electron chi connectivity index (χ0n) is 13.2. The maximum atomic E-state index is 12.1. The van der Waals surface area contributed by atoms with E-state index in [1.54, 1.807) is 0 Å². The van der Waals surface area contributed by atoms with Crippen molar-refractivity contribution in [1.82, 2.24) is 5.32 Å². The van der Waals surface area contributed by atoms with Gasteiger partial charge < -0.3 is 16.0 Å². The van der Waals surface area contributed by atoms with Gasteiger partial charge in [-0.15, -0.1) is 0 Å². The van der Waals surface area contributed by atoms with Crippen molar-refractivity contribution in [2.75, 3.05) is 24.5 Å². The fraction of sp³-hybridized carbons (Fsp3) is 0.611. The smallest absolute Gasteiger partial charge is 0.220 e. The average molecular weight is 301 g/mol. The molecule has 3 rings (SSSR count). The molecule has 1 aliphatic heterocycles. The summed E-state index contributed by atoms with van der Waals surface area (Å²) in [5, 5.41) is 3.12. The van der Waals surface area contributed by atoms with Gasteiger partial charge in [-0.25, -0.2) is 0 Å². The van der Waals surface area contributed by atoms with E-state index in [1.165, 1.54) is 12.1 Å². The molecule has 22 heavy (non-hydrogen) atoms. The zero-order valence-corrected chi connectivity index (χ0v) is 13.2. The van der Waals surface area contributed by atoms with Crippen LogP contribution in [0.4, 0.5) is 5.69 Å². The van der Waals surface area contributed by atoms with Gasteiger partial charge in [-0.3, -0.25) is 4.79 Å². The molecule has 0 spiro atoms. The lowest BCUT2D eigenvalue weighted by Gasteiger charge is -2.19. The maximum Gasteiger partial charge on any atom is 0.220 e. The van der Waals surface area contributed by atoms with E-state index in [0.29, 0.717) is 18.3 Å². The number of para-hydroxylation sites is 1. The van der Waals surface area contributed by atoms with Gasteiger partial charge in [0.1, 0.15) is 0 Å². The molecule has 1 aliphatic carbocycles. The van der Waals surface area contributed by atoms with E-state index in [9.17, 15) is 4.79 Å². The zero-order chi connectivity index (χ0) is 15.4. The minimum atomic E-state index is 0.181. The molecule has 0 aromatic heterocycles. The van der Waals surface area contributed by atoms with Crippen molar-refractivity contribution < 1.29 is 4.79 Å². The van der Waals surface area contributed by atoms with Gasteiger partial charge >= 0.3 is 0 Å². The standard InChI is InChI=1S/C18H27N3O/c19-17-8-4-5-15(17)11-18(22)20-12-14-9-10-21(13-14)16-6-2-1-3-7-16/h1-3,6-7,14-15,17H,4-5,8-13,19H2,(H,20,22)/t14?,15-,17+/m0/s1. The summed E-state index contributed by atoms with van der Waals surface area (Å²) in [5.74, 6) is 1.13. The van der Waals surface area contributed by atoms with Crippen LogP contribution in [0.25, 0.3) is 0 Å². The fourth-order valence-corrected chi connectivity index (χ4v) is 3.76. The number of nitrogens with two attached hydrogens (primary N) is 1. The van der Waals surface area contributed by atoms with E-state index < -0.39 is 0 Å². The molecule has 1 unspecified atom stereocenters. The Morgan fingerprint density at radius 2 is 2.05 bits per heavy atom. The first kappa shape index (κ1) is 15.3. The van der Waals surface area contributed by atoms with E-state index in [0.717, 1.165) is 38.9 Å². The Bertz CT molecular complexity index is 490. The van der Waals surface area contributed by atoms with Crippen molar-refractivity contribution in [2.24, 2.45) is 17.6 Å². The third-order valence-corrected chi connectivity index (χ3v) is 5.16. The van der Waals surface area contributed by atoms with E-state index in [2.05, 4.69) is 34.5 Å². The fourth-order valence-electron chi connectivity index (χ4n) is 3.76. The van der Waals surface area contributed by atoms with Gasteiger partial charge in [0.05, 0.1) is 0 Å². The molecule has 1 aromatic rings. The quantitative estimate of drug-likeness (QED) is 0.876. The number of nitrogens with one attached hydrogen (secondary N) is 1. The highest BCUT2D eigenvalue weighted by molar-refractivity contribution is 5.76. The molecule has 4 heteroatoms. The van der Waals surface area contributed by atoms with E-state index in [1.807, 2.05) is 6.07 Å². The normalized spacial score (nSPS) is 28.0. The third kappa shape index (κ3) is 3.80. The lowest BCUT2D eigenvalue weighted by molar-refractivity contribution is -0.122. The molecular weight excluding hydrogens is 274 g/mol. The summed E-state index contributed by atoms with van der Waals surface area (Å²) in [5.41, 5.74) is 7.33. The molecule has 1 saturated heterocycles. The Labute approximate surface area is 133 Å². The van der Waals surface area contributed by atoms with Gasteiger partial charge in [-0.05, 0) is 43.2 Å². The van der Waals surface area contributed by atoms with Crippen molar-refractivity contribution in [3.8, 4) is 0 Å². The third-order valence-electron chi connectivity index (χ3n) is 5.16. The number of hydrogen-bond acceptors (Lipinski definition) is 3. The SMILES string of the molecule is N[C@@H]1CCC[C@H]1CC(=O)NCC1CCN(c2ccccc2)C1. The summed E-state index contributed by atoms with van der Waals surface area (Å²) in [7, 11) is 0. The highest BCUT2D eigenvalue weighted by Gasteiger charge is 2.27. The monoisotopic (exact) mass is 301 g/mol. The van der Waals surface area contributed by atoms with Gasteiger partial charge in [-0.2, -0.15) is 0 Å². The number of hydrogen-bond donors (Lipinski definition) is 2. The summed E-state index contributed by atoms with van der Waals surface area (Å²) >= 11 is 0. The lowest BCUT2D eigenvalue weighted by Crippen LogP contribution is -2.34. The molecule has 1 aromatic carbocycles. The number of carbonyl (C=O) groups is 1. The van der Waals surface area contributed by atoms with E-state index in [4.69, 9.17) is 5.73 Å². The highest BCUT2D eigenvalue weighted by atomic mass is 16.1. The topological polar surface area (TPSA) is 58.4 Å². The average Bonchev–Trinajstić information content (AvgIpc) is 3.16. The number of rotatable bonds is 5. The molecule has 1 saturated carbocycles. The van der Waals surface area contributed by atoms with Crippen LogP contribution in [0.3, 0.4) is 0 Å². The van der Waals surface area contributed by atoms with Crippen molar-refractivity contribution in [1.29, 1.82) is 0 Å². The van der Waals surface area contributed by atoms with Crippen LogP contribution in [-0.4, -0.2) is 31.6 Å². The lowest BCUT2D eigenvalue weighted by atomic mass is 9.99. The van der Waals surface area contributed by atoms with E-state index >= 15 is 0 Å². The molecule has 3 N–H and O–H groups in total. The second-order valence-electron chi connectivity index (χ2n) is 6.80. The summed E-state index contributed by atoms with van der Waals surface area (Å²) < 4.78 is 0. The van der Waals surface area contributed by atoms with Crippen LogP contribution in [-0.2, 0) is 4.79 Å². The Balaban J connectivity index is 1.40. The molecular formula is C18H27N3O. The van der Waals surface area contributed by atoms with Crippen LogP contribution in [0.5, 0.6) is 0 Å². The van der Waals surface area contributed by atoms with Crippen LogP contribution in [0.1, 0.15) is 32.1 Å².